The van der Waals surface area contributed by atoms with Crippen molar-refractivity contribution in [1.29, 1.82) is 0 Å². The van der Waals surface area contributed by atoms with Crippen LogP contribution < -0.4 is 5.32 Å². The highest BCUT2D eigenvalue weighted by atomic mass is 19.4. The number of pyridine rings is 1. The second kappa shape index (κ2) is 5.36. The molecule has 1 aromatic heterocycles. The molecule has 1 aliphatic carbocycles. The largest absolute Gasteiger partial charge is 0.417 e. The number of nitrogens with one attached hydrogen (secondary N) is 1. The van der Waals surface area contributed by atoms with Gasteiger partial charge < -0.3 is 10.4 Å². The molecule has 0 bridgehead atoms. The summed E-state index contributed by atoms with van der Waals surface area (Å²) in [6.45, 7) is -0.0320. The van der Waals surface area contributed by atoms with E-state index in [9.17, 15) is 18.3 Å². The highest BCUT2D eigenvalue weighted by Crippen LogP contribution is 2.32. The van der Waals surface area contributed by atoms with Crippen molar-refractivity contribution >= 4 is 5.82 Å². The van der Waals surface area contributed by atoms with Gasteiger partial charge in [0.05, 0.1) is 17.7 Å². The maximum atomic E-state index is 12.4. The minimum absolute atomic E-state index is 0.0320. The van der Waals surface area contributed by atoms with Gasteiger partial charge in [0.25, 0.3) is 0 Å². The first-order chi connectivity index (χ1) is 8.95. The molecule has 3 nitrogen and oxygen atoms in total. The third kappa shape index (κ3) is 3.37. The summed E-state index contributed by atoms with van der Waals surface area (Å²) in [5, 5.41) is 12.6. The maximum absolute atomic E-state index is 12.4. The molecule has 0 amide bonds. The van der Waals surface area contributed by atoms with Crippen LogP contribution in [-0.4, -0.2) is 22.2 Å². The zero-order chi connectivity index (χ0) is 13.9. The third-order valence-electron chi connectivity index (χ3n) is 3.60. The summed E-state index contributed by atoms with van der Waals surface area (Å²) in [5.41, 5.74) is -1.20. The molecule has 0 atom stereocenters. The molecule has 1 fully saturated rings. The van der Waals surface area contributed by atoms with Crippen molar-refractivity contribution in [2.24, 2.45) is 0 Å². The van der Waals surface area contributed by atoms with Gasteiger partial charge >= 0.3 is 6.18 Å². The predicted octanol–water partition coefficient (Wildman–Crippen LogP) is 3.21. The van der Waals surface area contributed by atoms with E-state index in [1.54, 1.807) is 0 Å². The second-order valence-corrected chi connectivity index (χ2v) is 5.05. The van der Waals surface area contributed by atoms with E-state index in [4.69, 9.17) is 0 Å². The topological polar surface area (TPSA) is 45.1 Å². The fourth-order valence-corrected chi connectivity index (χ4v) is 2.46. The molecule has 1 aromatic rings. The molecule has 19 heavy (non-hydrogen) atoms. The van der Waals surface area contributed by atoms with Crippen LogP contribution in [0.2, 0.25) is 0 Å². The van der Waals surface area contributed by atoms with Crippen LogP contribution in [-0.2, 0) is 6.18 Å². The number of aliphatic hydroxyl groups is 1. The quantitative estimate of drug-likeness (QED) is 0.889. The number of alkyl halides is 3. The third-order valence-corrected chi connectivity index (χ3v) is 3.60. The Labute approximate surface area is 109 Å². The average Bonchev–Trinajstić information content (AvgIpc) is 2.39. The number of anilines is 1. The predicted molar refractivity (Wildman–Crippen MR) is 65.8 cm³/mol. The Kier molecular flexibility index (Phi) is 3.99. The highest BCUT2D eigenvalue weighted by Gasteiger charge is 2.33. The van der Waals surface area contributed by atoms with E-state index >= 15 is 0 Å². The molecule has 0 spiro atoms. The van der Waals surface area contributed by atoms with E-state index in [1.165, 1.54) is 6.07 Å². The molecule has 2 rings (SSSR count). The Balaban J connectivity index is 2.10. The van der Waals surface area contributed by atoms with Crippen molar-refractivity contribution in [2.75, 3.05) is 11.9 Å². The number of aliphatic hydroxyl groups excluding tert-OH is 1. The zero-order valence-electron chi connectivity index (χ0n) is 10.5. The molecule has 0 unspecified atom stereocenters. The van der Waals surface area contributed by atoms with Crippen molar-refractivity contribution in [3.8, 4) is 0 Å². The zero-order valence-corrected chi connectivity index (χ0v) is 10.5. The van der Waals surface area contributed by atoms with E-state index < -0.39 is 17.3 Å². The summed E-state index contributed by atoms with van der Waals surface area (Å²) >= 11 is 0. The molecule has 1 heterocycles. The van der Waals surface area contributed by atoms with E-state index in [1.807, 2.05) is 0 Å². The fraction of sp³-hybridized carbons (Fsp3) is 0.615. The van der Waals surface area contributed by atoms with Gasteiger partial charge in [-0.25, -0.2) is 4.98 Å². The average molecular weight is 274 g/mol. The lowest BCUT2D eigenvalue weighted by Gasteiger charge is -2.37. The highest BCUT2D eigenvalue weighted by molar-refractivity contribution is 5.39. The first kappa shape index (κ1) is 14.1. The van der Waals surface area contributed by atoms with Crippen molar-refractivity contribution < 1.29 is 18.3 Å². The van der Waals surface area contributed by atoms with Crippen molar-refractivity contribution in [3.63, 3.8) is 0 Å². The van der Waals surface area contributed by atoms with E-state index in [0.29, 0.717) is 5.82 Å². The van der Waals surface area contributed by atoms with Crippen molar-refractivity contribution in [1.82, 2.24) is 4.98 Å². The van der Waals surface area contributed by atoms with Gasteiger partial charge in [-0.05, 0) is 25.0 Å². The van der Waals surface area contributed by atoms with Crippen LogP contribution in [0.5, 0.6) is 0 Å². The van der Waals surface area contributed by atoms with E-state index in [0.717, 1.165) is 44.4 Å². The van der Waals surface area contributed by atoms with Gasteiger partial charge in [0.2, 0.25) is 0 Å². The van der Waals surface area contributed by atoms with Crippen LogP contribution in [0.1, 0.15) is 37.7 Å². The van der Waals surface area contributed by atoms with Crippen LogP contribution in [0.3, 0.4) is 0 Å². The van der Waals surface area contributed by atoms with Gasteiger partial charge in [-0.3, -0.25) is 0 Å². The number of nitrogens with zero attached hydrogens (tertiary/aromatic N) is 1. The molecule has 2 N–H and O–H groups in total. The smallest absolute Gasteiger partial charge is 0.394 e. The Bertz CT molecular complexity index is 411. The Morgan fingerprint density at radius 1 is 1.21 bits per heavy atom. The molecule has 0 saturated heterocycles. The van der Waals surface area contributed by atoms with Gasteiger partial charge in [-0.1, -0.05) is 19.3 Å². The number of halogens is 3. The molecular weight excluding hydrogens is 257 g/mol. The van der Waals surface area contributed by atoms with Gasteiger partial charge in [-0.2, -0.15) is 13.2 Å². The van der Waals surface area contributed by atoms with Gasteiger partial charge in [0.15, 0.2) is 0 Å². The summed E-state index contributed by atoms with van der Waals surface area (Å²) in [7, 11) is 0. The van der Waals surface area contributed by atoms with Gasteiger partial charge in [-0.15, -0.1) is 0 Å². The summed E-state index contributed by atoms with van der Waals surface area (Å²) in [6, 6.07) is 2.32. The lowest BCUT2D eigenvalue weighted by molar-refractivity contribution is -0.137. The van der Waals surface area contributed by atoms with Gasteiger partial charge in [0.1, 0.15) is 5.82 Å². The summed E-state index contributed by atoms with van der Waals surface area (Å²) in [6.07, 6.45) is 1.21. The van der Waals surface area contributed by atoms with Crippen LogP contribution in [0.4, 0.5) is 19.0 Å². The first-order valence-electron chi connectivity index (χ1n) is 6.37. The summed E-state index contributed by atoms with van der Waals surface area (Å²) in [5.74, 6) is 0.379. The molecule has 6 heteroatoms. The minimum Gasteiger partial charge on any atom is -0.394 e. The Morgan fingerprint density at radius 3 is 2.37 bits per heavy atom. The maximum Gasteiger partial charge on any atom is 0.417 e. The summed E-state index contributed by atoms with van der Waals surface area (Å²) < 4.78 is 37.3. The molecule has 0 radical (unpaired) electrons. The molecule has 0 aliphatic heterocycles. The second-order valence-electron chi connectivity index (χ2n) is 5.05. The standard InChI is InChI=1S/C13H17F3N2O/c14-13(15,16)10-4-5-11(17-8-10)18-12(9-19)6-2-1-3-7-12/h4-5,8,19H,1-3,6-7,9H2,(H,17,18). The van der Waals surface area contributed by atoms with Crippen molar-refractivity contribution in [2.45, 2.75) is 43.8 Å². The lowest BCUT2D eigenvalue weighted by atomic mass is 9.82. The molecule has 1 aliphatic rings. The first-order valence-corrected chi connectivity index (χ1v) is 6.37. The van der Waals surface area contributed by atoms with Crippen LogP contribution in [0.15, 0.2) is 18.3 Å². The van der Waals surface area contributed by atoms with Crippen molar-refractivity contribution in [3.05, 3.63) is 23.9 Å². The van der Waals surface area contributed by atoms with E-state index in [2.05, 4.69) is 10.3 Å². The SMILES string of the molecule is OCC1(Nc2ccc(C(F)(F)F)cn2)CCCCC1. The van der Waals surface area contributed by atoms with Gasteiger partial charge in [0, 0.05) is 6.20 Å². The monoisotopic (exact) mass is 274 g/mol. The molecule has 1 saturated carbocycles. The van der Waals surface area contributed by atoms with Crippen LogP contribution in [0.25, 0.3) is 0 Å². The Morgan fingerprint density at radius 2 is 1.89 bits per heavy atom. The minimum atomic E-state index is -4.37. The Hall–Kier alpha value is -1.30. The molecule has 0 aromatic carbocycles. The number of aromatic nitrogens is 1. The lowest BCUT2D eigenvalue weighted by Crippen LogP contribution is -2.44. The summed E-state index contributed by atoms with van der Waals surface area (Å²) in [4.78, 5) is 3.79. The normalized spacial score (nSPS) is 19.2. The fourth-order valence-electron chi connectivity index (χ4n) is 2.46. The number of hydrogen-bond acceptors (Lipinski definition) is 3. The molecule has 106 valence electrons. The van der Waals surface area contributed by atoms with E-state index in [-0.39, 0.29) is 6.61 Å². The molecular formula is C13H17F3N2O. The number of hydrogen-bond donors (Lipinski definition) is 2. The number of rotatable bonds is 3. The van der Waals surface area contributed by atoms with Crippen LogP contribution in [0, 0.1) is 0 Å². The van der Waals surface area contributed by atoms with Crippen LogP contribution >= 0.6 is 0 Å².